The highest BCUT2D eigenvalue weighted by atomic mass is 32.2. The number of nitrogens with two attached hydrogens (primary N) is 1. The average Bonchev–Trinajstić information content (AvgIpc) is 2.81. The minimum Gasteiger partial charge on any atom is -0.330 e. The molecule has 3 rings (SSSR count). The van der Waals surface area contributed by atoms with E-state index < -0.39 is 23.8 Å². The highest BCUT2D eigenvalue weighted by molar-refractivity contribution is 7.99. The van der Waals surface area contributed by atoms with Gasteiger partial charge in [-0.2, -0.15) is 0 Å². The van der Waals surface area contributed by atoms with Gasteiger partial charge in [0.2, 0.25) is 11.8 Å². The van der Waals surface area contributed by atoms with Gasteiger partial charge in [-0.15, -0.1) is 11.8 Å². The Balaban J connectivity index is 1.89. The monoisotopic (exact) mass is 347 g/mol. The zero-order valence-electron chi connectivity index (χ0n) is 12.9. The van der Waals surface area contributed by atoms with E-state index in [1.165, 1.54) is 11.8 Å². The molecule has 1 aromatic rings. The molecule has 7 nitrogen and oxygen atoms in total. The Morgan fingerprint density at radius 1 is 1.21 bits per heavy atom. The lowest BCUT2D eigenvalue weighted by molar-refractivity contribution is -0.136. The van der Waals surface area contributed by atoms with Crippen molar-refractivity contribution in [1.82, 2.24) is 10.2 Å². The van der Waals surface area contributed by atoms with Gasteiger partial charge in [0.05, 0.1) is 11.1 Å². The molecule has 0 saturated carbocycles. The Hall–Kier alpha value is -2.19. The van der Waals surface area contributed by atoms with Crippen molar-refractivity contribution in [2.45, 2.75) is 30.2 Å². The summed E-state index contributed by atoms with van der Waals surface area (Å²) in [7, 11) is 0. The fourth-order valence-corrected chi connectivity index (χ4v) is 3.92. The van der Waals surface area contributed by atoms with Crippen LogP contribution in [0, 0.1) is 0 Å². The molecular formula is C16H17N3O4S. The smallest absolute Gasteiger partial charge is 0.263 e. The zero-order chi connectivity index (χ0) is 17.3. The number of fused-ring (bicyclic) bond motifs is 1. The first kappa shape index (κ1) is 16.7. The zero-order valence-corrected chi connectivity index (χ0v) is 13.7. The molecule has 8 heteroatoms. The quantitative estimate of drug-likeness (QED) is 0.457. The van der Waals surface area contributed by atoms with E-state index in [1.54, 1.807) is 18.2 Å². The van der Waals surface area contributed by atoms with Crippen LogP contribution in [0.2, 0.25) is 0 Å². The van der Waals surface area contributed by atoms with Gasteiger partial charge in [-0.05, 0) is 37.3 Å². The van der Waals surface area contributed by atoms with E-state index in [0.29, 0.717) is 22.6 Å². The number of hydrogen-bond acceptors (Lipinski definition) is 6. The second-order valence-corrected chi connectivity index (χ2v) is 6.75. The summed E-state index contributed by atoms with van der Waals surface area (Å²) in [4.78, 5) is 50.4. The van der Waals surface area contributed by atoms with Crippen LogP contribution in [-0.4, -0.2) is 46.9 Å². The maximum atomic E-state index is 12.8. The van der Waals surface area contributed by atoms with E-state index in [-0.39, 0.29) is 18.7 Å². The summed E-state index contributed by atoms with van der Waals surface area (Å²) in [5, 5.41) is 2.19. The van der Waals surface area contributed by atoms with Gasteiger partial charge >= 0.3 is 0 Å². The third kappa shape index (κ3) is 2.83. The maximum absolute atomic E-state index is 12.8. The van der Waals surface area contributed by atoms with Crippen LogP contribution in [0.1, 0.15) is 40.0 Å². The number of thioether (sulfide) groups is 1. The van der Waals surface area contributed by atoms with Gasteiger partial charge in [0.15, 0.2) is 0 Å². The number of hydrogen-bond donors (Lipinski definition) is 2. The Morgan fingerprint density at radius 2 is 2.00 bits per heavy atom. The molecule has 0 radical (unpaired) electrons. The number of imide groups is 2. The summed E-state index contributed by atoms with van der Waals surface area (Å²) < 4.78 is 0. The number of piperidine rings is 1. The van der Waals surface area contributed by atoms with Crippen molar-refractivity contribution >= 4 is 35.4 Å². The normalized spacial score (nSPS) is 20.4. The summed E-state index contributed by atoms with van der Waals surface area (Å²) in [6.07, 6.45) is 1.07. The number of benzene rings is 1. The molecular weight excluding hydrogens is 330 g/mol. The van der Waals surface area contributed by atoms with Gasteiger partial charge < -0.3 is 5.73 Å². The number of carbonyl (C=O) groups is 4. The van der Waals surface area contributed by atoms with E-state index in [4.69, 9.17) is 5.73 Å². The van der Waals surface area contributed by atoms with Crippen LogP contribution in [0.3, 0.4) is 0 Å². The minimum absolute atomic E-state index is 0.113. The van der Waals surface area contributed by atoms with E-state index in [9.17, 15) is 19.2 Å². The van der Waals surface area contributed by atoms with Crippen LogP contribution >= 0.6 is 11.8 Å². The molecule has 0 bridgehead atoms. The second-order valence-electron chi connectivity index (χ2n) is 5.62. The van der Waals surface area contributed by atoms with E-state index in [1.807, 2.05) is 0 Å². The van der Waals surface area contributed by atoms with Crippen LogP contribution in [0.25, 0.3) is 0 Å². The molecule has 0 aromatic heterocycles. The number of nitrogens with one attached hydrogen (secondary N) is 1. The lowest BCUT2D eigenvalue weighted by Gasteiger charge is -2.27. The van der Waals surface area contributed by atoms with Gasteiger partial charge in [-0.3, -0.25) is 29.4 Å². The highest BCUT2D eigenvalue weighted by Gasteiger charge is 2.45. The summed E-state index contributed by atoms with van der Waals surface area (Å²) in [5.41, 5.74) is 6.14. The Labute approximate surface area is 142 Å². The lowest BCUT2D eigenvalue weighted by atomic mass is 10.0. The molecule has 126 valence electrons. The van der Waals surface area contributed by atoms with Crippen LogP contribution in [0.15, 0.2) is 23.1 Å². The first-order valence-electron chi connectivity index (χ1n) is 7.72. The SMILES string of the molecule is NCCCSc1cccc2c1C(=O)N(C1CCC(=O)NC1=O)C2=O. The fourth-order valence-electron chi connectivity index (χ4n) is 2.87. The molecule has 1 atom stereocenters. The number of nitrogens with zero attached hydrogens (tertiary/aromatic N) is 1. The molecule has 1 aromatic carbocycles. The summed E-state index contributed by atoms with van der Waals surface area (Å²) in [5.74, 6) is -1.19. The largest absolute Gasteiger partial charge is 0.330 e. The van der Waals surface area contributed by atoms with E-state index in [2.05, 4.69) is 5.32 Å². The predicted octanol–water partition coefficient (Wildman–Crippen LogP) is 0.529. The molecule has 1 saturated heterocycles. The Kier molecular flexibility index (Phi) is 4.68. The molecule has 2 aliphatic rings. The van der Waals surface area contributed by atoms with Crippen molar-refractivity contribution in [3.8, 4) is 0 Å². The lowest BCUT2D eigenvalue weighted by Crippen LogP contribution is -2.54. The first-order valence-corrected chi connectivity index (χ1v) is 8.70. The van der Waals surface area contributed by atoms with Crippen molar-refractivity contribution < 1.29 is 19.2 Å². The van der Waals surface area contributed by atoms with Gasteiger partial charge in [0.1, 0.15) is 6.04 Å². The van der Waals surface area contributed by atoms with Crippen molar-refractivity contribution in [3.63, 3.8) is 0 Å². The maximum Gasteiger partial charge on any atom is 0.263 e. The second kappa shape index (κ2) is 6.74. The molecule has 1 fully saturated rings. The summed E-state index contributed by atoms with van der Waals surface area (Å²) in [6, 6.07) is 4.17. The molecule has 24 heavy (non-hydrogen) atoms. The van der Waals surface area contributed by atoms with E-state index >= 15 is 0 Å². The van der Waals surface area contributed by atoms with Crippen molar-refractivity contribution in [2.75, 3.05) is 12.3 Å². The van der Waals surface area contributed by atoms with Crippen LogP contribution in [0.5, 0.6) is 0 Å². The first-order chi connectivity index (χ1) is 11.5. The van der Waals surface area contributed by atoms with Crippen molar-refractivity contribution in [3.05, 3.63) is 29.3 Å². The topological polar surface area (TPSA) is 110 Å². The Bertz CT molecular complexity index is 734. The number of rotatable bonds is 5. The molecule has 2 aliphatic heterocycles. The molecule has 0 spiro atoms. The van der Waals surface area contributed by atoms with Gasteiger partial charge in [-0.1, -0.05) is 6.07 Å². The average molecular weight is 347 g/mol. The third-order valence-electron chi connectivity index (χ3n) is 4.04. The fraction of sp³-hybridized carbons (Fsp3) is 0.375. The Morgan fingerprint density at radius 3 is 2.71 bits per heavy atom. The highest BCUT2D eigenvalue weighted by Crippen LogP contribution is 2.34. The van der Waals surface area contributed by atoms with Crippen LogP contribution in [0.4, 0.5) is 0 Å². The molecule has 2 heterocycles. The molecule has 3 N–H and O–H groups in total. The molecule has 1 unspecified atom stereocenters. The van der Waals surface area contributed by atoms with Crippen molar-refractivity contribution in [2.24, 2.45) is 5.73 Å². The van der Waals surface area contributed by atoms with Crippen LogP contribution in [-0.2, 0) is 9.59 Å². The molecule has 4 amide bonds. The minimum atomic E-state index is -0.933. The van der Waals surface area contributed by atoms with Gasteiger partial charge in [-0.25, -0.2) is 0 Å². The predicted molar refractivity (Wildman–Crippen MR) is 87.5 cm³/mol. The van der Waals surface area contributed by atoms with Gasteiger partial charge in [0.25, 0.3) is 11.8 Å². The number of amides is 4. The van der Waals surface area contributed by atoms with Gasteiger partial charge in [0, 0.05) is 11.3 Å². The molecule has 0 aliphatic carbocycles. The summed E-state index contributed by atoms with van der Waals surface area (Å²) in [6.45, 7) is 0.553. The third-order valence-corrected chi connectivity index (χ3v) is 5.18. The summed E-state index contributed by atoms with van der Waals surface area (Å²) >= 11 is 1.47. The standard InChI is InChI=1S/C16H17N3O4S/c17-7-2-8-24-11-4-1-3-9-13(11)16(23)19(15(9)22)10-5-6-12(20)18-14(10)21/h1,3-4,10H,2,5-8,17H2,(H,18,20,21). The van der Waals surface area contributed by atoms with E-state index in [0.717, 1.165) is 17.1 Å². The number of carbonyl (C=O) groups excluding carboxylic acids is 4. The van der Waals surface area contributed by atoms with Crippen LogP contribution < -0.4 is 11.1 Å². The van der Waals surface area contributed by atoms with Crippen molar-refractivity contribution in [1.29, 1.82) is 0 Å².